The summed E-state index contributed by atoms with van der Waals surface area (Å²) in [6.45, 7) is 7.15. The lowest BCUT2D eigenvalue weighted by Gasteiger charge is -2.37. The second-order valence-electron chi connectivity index (χ2n) is 6.10. The van der Waals surface area contributed by atoms with Crippen LogP contribution < -0.4 is 0 Å². The van der Waals surface area contributed by atoms with Crippen LogP contribution in [0.1, 0.15) is 26.2 Å². The van der Waals surface area contributed by atoms with Crippen molar-refractivity contribution in [3.8, 4) is 0 Å². The Morgan fingerprint density at radius 2 is 2.05 bits per heavy atom. The highest BCUT2D eigenvalue weighted by atomic mass is 16.5. The number of likely N-dealkylation sites (N-methyl/N-ethyl adjacent to an activating group) is 1. The highest BCUT2D eigenvalue weighted by Crippen LogP contribution is 2.20. The molecule has 0 aromatic rings. The van der Waals surface area contributed by atoms with E-state index in [0.29, 0.717) is 12.0 Å². The third kappa shape index (κ3) is 4.97. The summed E-state index contributed by atoms with van der Waals surface area (Å²) in [5.74, 6) is 0.820. The number of ether oxygens (including phenoxy) is 1. The van der Waals surface area contributed by atoms with E-state index in [1.54, 1.807) is 6.08 Å². The van der Waals surface area contributed by atoms with Gasteiger partial charge in [-0.25, -0.2) is 0 Å². The fourth-order valence-corrected chi connectivity index (χ4v) is 3.13. The molecule has 1 amide bonds. The van der Waals surface area contributed by atoms with Gasteiger partial charge in [0.25, 0.3) is 0 Å². The van der Waals surface area contributed by atoms with E-state index in [1.807, 2.05) is 37.1 Å². The molecule has 2 saturated heterocycles. The standard InChI is InChI=1S/C17H28N2O2/c1-3-4-5-6-17(20)18(2)16-7-10-19(11-8-16)13-15-9-12-21-14-15/h3-6,15-16H,7-14H2,1-2H3/b4-3+,6-5-/t15-/m1/s1. The number of hydrogen-bond donors (Lipinski definition) is 0. The summed E-state index contributed by atoms with van der Waals surface area (Å²) in [7, 11) is 1.92. The van der Waals surface area contributed by atoms with Crippen molar-refractivity contribution in [2.45, 2.75) is 32.2 Å². The molecule has 0 unspecified atom stereocenters. The number of amides is 1. The number of piperidine rings is 1. The molecule has 0 aromatic carbocycles. The van der Waals surface area contributed by atoms with Crippen molar-refractivity contribution in [1.29, 1.82) is 0 Å². The lowest BCUT2D eigenvalue weighted by molar-refractivity contribution is -0.127. The first-order chi connectivity index (χ1) is 10.2. The number of rotatable bonds is 5. The zero-order chi connectivity index (χ0) is 15.1. The van der Waals surface area contributed by atoms with Gasteiger partial charge < -0.3 is 14.5 Å². The average molecular weight is 292 g/mol. The van der Waals surface area contributed by atoms with Crippen LogP contribution in [0.5, 0.6) is 0 Å². The Kier molecular flexibility index (Phi) is 6.46. The van der Waals surface area contributed by atoms with Gasteiger partial charge in [0.2, 0.25) is 5.91 Å². The molecule has 0 bridgehead atoms. The van der Waals surface area contributed by atoms with Gasteiger partial charge in [-0.1, -0.05) is 18.2 Å². The SMILES string of the molecule is C/C=C/C=C\C(=O)N(C)C1CCN(C[C@H]2CCOC2)CC1. The predicted octanol–water partition coefficient (Wildman–Crippen LogP) is 2.08. The first-order valence-corrected chi connectivity index (χ1v) is 8.07. The van der Waals surface area contributed by atoms with Gasteiger partial charge in [0.1, 0.15) is 0 Å². The van der Waals surface area contributed by atoms with E-state index in [0.717, 1.165) is 45.7 Å². The van der Waals surface area contributed by atoms with Gasteiger partial charge in [0, 0.05) is 45.4 Å². The molecule has 0 spiro atoms. The fraction of sp³-hybridized carbons (Fsp3) is 0.706. The Labute approximate surface area is 128 Å². The number of allylic oxidation sites excluding steroid dienone is 3. The second-order valence-corrected chi connectivity index (χ2v) is 6.10. The van der Waals surface area contributed by atoms with E-state index in [-0.39, 0.29) is 5.91 Å². The zero-order valence-electron chi connectivity index (χ0n) is 13.3. The Bertz CT molecular complexity index is 378. The minimum Gasteiger partial charge on any atom is -0.381 e. The van der Waals surface area contributed by atoms with Gasteiger partial charge >= 0.3 is 0 Å². The number of nitrogens with zero attached hydrogens (tertiary/aromatic N) is 2. The quantitative estimate of drug-likeness (QED) is 0.574. The van der Waals surface area contributed by atoms with Crippen molar-refractivity contribution < 1.29 is 9.53 Å². The molecule has 0 N–H and O–H groups in total. The van der Waals surface area contributed by atoms with E-state index in [4.69, 9.17) is 4.74 Å². The van der Waals surface area contributed by atoms with Crippen LogP contribution in [-0.4, -0.2) is 61.6 Å². The van der Waals surface area contributed by atoms with Crippen LogP contribution >= 0.6 is 0 Å². The maximum atomic E-state index is 12.1. The predicted molar refractivity (Wildman–Crippen MR) is 85.1 cm³/mol. The third-order valence-corrected chi connectivity index (χ3v) is 4.54. The largest absolute Gasteiger partial charge is 0.381 e. The molecule has 0 aliphatic carbocycles. The molecule has 118 valence electrons. The minimum atomic E-state index is 0.107. The van der Waals surface area contributed by atoms with Gasteiger partial charge in [-0.05, 0) is 32.1 Å². The van der Waals surface area contributed by atoms with E-state index >= 15 is 0 Å². The minimum absolute atomic E-state index is 0.107. The van der Waals surface area contributed by atoms with Crippen molar-refractivity contribution in [3.05, 3.63) is 24.3 Å². The van der Waals surface area contributed by atoms with Gasteiger partial charge in [0.05, 0.1) is 6.61 Å². The molecule has 2 rings (SSSR count). The number of likely N-dealkylation sites (tertiary alicyclic amines) is 1. The molecule has 2 fully saturated rings. The average Bonchev–Trinajstić information content (AvgIpc) is 3.00. The van der Waals surface area contributed by atoms with Crippen LogP contribution in [0.25, 0.3) is 0 Å². The molecule has 2 aliphatic heterocycles. The monoisotopic (exact) mass is 292 g/mol. The molecular weight excluding hydrogens is 264 g/mol. The van der Waals surface area contributed by atoms with Crippen LogP contribution in [0.2, 0.25) is 0 Å². The molecule has 2 aliphatic rings. The summed E-state index contributed by atoms with van der Waals surface area (Å²) in [5, 5.41) is 0. The van der Waals surface area contributed by atoms with Crippen molar-refractivity contribution in [2.24, 2.45) is 5.92 Å². The molecule has 4 nitrogen and oxygen atoms in total. The summed E-state index contributed by atoms with van der Waals surface area (Å²) in [5.41, 5.74) is 0. The van der Waals surface area contributed by atoms with Crippen LogP contribution in [0.3, 0.4) is 0 Å². The summed E-state index contributed by atoms with van der Waals surface area (Å²) in [6, 6.07) is 0.379. The normalized spacial score (nSPS) is 25.1. The summed E-state index contributed by atoms with van der Waals surface area (Å²) < 4.78 is 5.44. The molecule has 2 heterocycles. The maximum absolute atomic E-state index is 12.1. The Morgan fingerprint density at radius 1 is 1.29 bits per heavy atom. The van der Waals surface area contributed by atoms with Gasteiger partial charge in [-0.15, -0.1) is 0 Å². The first kappa shape index (κ1) is 16.2. The molecule has 0 radical (unpaired) electrons. The van der Waals surface area contributed by atoms with Gasteiger partial charge in [-0.3, -0.25) is 4.79 Å². The summed E-state index contributed by atoms with van der Waals surface area (Å²) in [4.78, 5) is 16.5. The number of carbonyl (C=O) groups is 1. The van der Waals surface area contributed by atoms with Crippen LogP contribution in [-0.2, 0) is 9.53 Å². The molecule has 0 saturated carbocycles. The molecule has 21 heavy (non-hydrogen) atoms. The lowest BCUT2D eigenvalue weighted by Crippen LogP contribution is -2.46. The van der Waals surface area contributed by atoms with E-state index < -0.39 is 0 Å². The lowest BCUT2D eigenvalue weighted by atomic mass is 10.0. The van der Waals surface area contributed by atoms with Crippen LogP contribution in [0.4, 0.5) is 0 Å². The van der Waals surface area contributed by atoms with Gasteiger partial charge in [-0.2, -0.15) is 0 Å². The number of hydrogen-bond acceptors (Lipinski definition) is 3. The third-order valence-electron chi connectivity index (χ3n) is 4.54. The highest BCUT2D eigenvalue weighted by molar-refractivity contribution is 5.87. The molecular formula is C17H28N2O2. The van der Waals surface area contributed by atoms with Crippen LogP contribution in [0.15, 0.2) is 24.3 Å². The van der Waals surface area contributed by atoms with Crippen molar-refractivity contribution in [1.82, 2.24) is 9.80 Å². The van der Waals surface area contributed by atoms with Crippen molar-refractivity contribution >= 4 is 5.91 Å². The Hall–Kier alpha value is -1.13. The van der Waals surface area contributed by atoms with Crippen molar-refractivity contribution in [3.63, 3.8) is 0 Å². The smallest absolute Gasteiger partial charge is 0.246 e. The van der Waals surface area contributed by atoms with E-state index in [2.05, 4.69) is 4.90 Å². The van der Waals surface area contributed by atoms with E-state index in [9.17, 15) is 4.79 Å². The fourth-order valence-electron chi connectivity index (χ4n) is 3.13. The second kappa shape index (κ2) is 8.35. The van der Waals surface area contributed by atoms with Crippen LogP contribution in [0, 0.1) is 5.92 Å². The Morgan fingerprint density at radius 3 is 2.67 bits per heavy atom. The zero-order valence-corrected chi connectivity index (χ0v) is 13.3. The highest BCUT2D eigenvalue weighted by Gasteiger charge is 2.26. The molecule has 1 atom stereocenters. The molecule has 0 aromatic heterocycles. The molecule has 4 heteroatoms. The summed E-state index contributed by atoms with van der Waals surface area (Å²) in [6.07, 6.45) is 10.6. The summed E-state index contributed by atoms with van der Waals surface area (Å²) >= 11 is 0. The topological polar surface area (TPSA) is 32.8 Å². The number of carbonyl (C=O) groups excluding carboxylic acids is 1. The van der Waals surface area contributed by atoms with Gasteiger partial charge in [0.15, 0.2) is 0 Å². The maximum Gasteiger partial charge on any atom is 0.246 e. The van der Waals surface area contributed by atoms with Crippen molar-refractivity contribution in [2.75, 3.05) is 39.9 Å². The Balaban J connectivity index is 1.73. The first-order valence-electron chi connectivity index (χ1n) is 8.07. The van der Waals surface area contributed by atoms with E-state index in [1.165, 1.54) is 6.42 Å².